The van der Waals surface area contributed by atoms with E-state index in [0.717, 1.165) is 6.42 Å². The van der Waals surface area contributed by atoms with Gasteiger partial charge in [-0.1, -0.05) is 6.07 Å². The number of nitrogens with zero attached hydrogens (tertiary/aromatic N) is 4. The first-order valence-corrected chi connectivity index (χ1v) is 7.83. The Morgan fingerprint density at radius 2 is 2.19 bits per heavy atom. The summed E-state index contributed by atoms with van der Waals surface area (Å²) in [5, 5.41) is 5.03. The molecule has 114 valence electrons. The van der Waals surface area contributed by atoms with Crippen molar-refractivity contribution in [1.29, 1.82) is 0 Å². The zero-order chi connectivity index (χ0) is 15.2. The first-order chi connectivity index (χ1) is 10.1. The van der Waals surface area contributed by atoms with E-state index in [4.69, 9.17) is 4.74 Å². The van der Waals surface area contributed by atoms with Gasteiger partial charge in [-0.2, -0.15) is 15.0 Å². The SMILES string of the molecule is CCOc1nc(NC)nc(N(C)C(C)Cc2cccs2)n1. The number of aromatic nitrogens is 3. The maximum absolute atomic E-state index is 5.40. The van der Waals surface area contributed by atoms with E-state index in [1.807, 2.05) is 18.9 Å². The van der Waals surface area contributed by atoms with Crippen molar-refractivity contribution >= 4 is 23.2 Å². The van der Waals surface area contributed by atoms with Crippen LogP contribution in [0.3, 0.4) is 0 Å². The van der Waals surface area contributed by atoms with Gasteiger partial charge in [-0.15, -0.1) is 11.3 Å². The van der Waals surface area contributed by atoms with Gasteiger partial charge in [-0.05, 0) is 25.3 Å². The summed E-state index contributed by atoms with van der Waals surface area (Å²) >= 11 is 1.77. The van der Waals surface area contributed by atoms with Gasteiger partial charge in [-0.3, -0.25) is 0 Å². The largest absolute Gasteiger partial charge is 0.464 e. The quantitative estimate of drug-likeness (QED) is 0.847. The number of hydrogen-bond donors (Lipinski definition) is 1. The summed E-state index contributed by atoms with van der Waals surface area (Å²) in [6, 6.07) is 4.85. The van der Waals surface area contributed by atoms with Crippen LogP contribution in [0.15, 0.2) is 17.5 Å². The number of rotatable bonds is 7. The van der Waals surface area contributed by atoms with Crippen molar-refractivity contribution in [2.45, 2.75) is 26.3 Å². The molecule has 0 aliphatic heterocycles. The van der Waals surface area contributed by atoms with Crippen molar-refractivity contribution in [2.75, 3.05) is 30.9 Å². The van der Waals surface area contributed by atoms with Gasteiger partial charge in [0.2, 0.25) is 11.9 Å². The molecule has 0 amide bonds. The second-order valence-corrected chi connectivity index (χ2v) is 5.70. The first kappa shape index (κ1) is 15.5. The molecule has 21 heavy (non-hydrogen) atoms. The molecular formula is C14H21N5OS. The van der Waals surface area contributed by atoms with Crippen LogP contribution in [-0.4, -0.2) is 41.7 Å². The van der Waals surface area contributed by atoms with Crippen LogP contribution in [0.4, 0.5) is 11.9 Å². The monoisotopic (exact) mass is 307 g/mol. The predicted octanol–water partition coefficient (Wildman–Crippen LogP) is 2.44. The van der Waals surface area contributed by atoms with Gasteiger partial charge in [-0.25, -0.2) is 0 Å². The van der Waals surface area contributed by atoms with E-state index in [2.05, 4.69) is 44.7 Å². The lowest BCUT2D eigenvalue weighted by Crippen LogP contribution is -2.32. The summed E-state index contributed by atoms with van der Waals surface area (Å²) in [7, 11) is 3.77. The number of anilines is 2. The fraction of sp³-hybridized carbons (Fsp3) is 0.500. The van der Waals surface area contributed by atoms with Crippen LogP contribution < -0.4 is 15.0 Å². The third kappa shape index (κ3) is 4.04. The highest BCUT2D eigenvalue weighted by Gasteiger charge is 2.16. The number of likely N-dealkylation sites (N-methyl/N-ethyl adjacent to an activating group) is 1. The van der Waals surface area contributed by atoms with E-state index in [-0.39, 0.29) is 6.04 Å². The molecule has 0 aliphatic rings. The summed E-state index contributed by atoms with van der Waals surface area (Å²) in [4.78, 5) is 16.3. The van der Waals surface area contributed by atoms with Gasteiger partial charge in [0.25, 0.3) is 0 Å². The number of thiophene rings is 1. The summed E-state index contributed by atoms with van der Waals surface area (Å²) < 4.78 is 5.40. The Labute approximate surface area is 129 Å². The van der Waals surface area contributed by atoms with Gasteiger partial charge in [0.1, 0.15) is 0 Å². The molecule has 7 heteroatoms. The molecule has 0 saturated heterocycles. The second kappa shape index (κ2) is 7.21. The normalized spacial score (nSPS) is 12.0. The molecule has 0 bridgehead atoms. The molecular weight excluding hydrogens is 286 g/mol. The smallest absolute Gasteiger partial charge is 0.323 e. The molecule has 0 saturated carbocycles. The van der Waals surface area contributed by atoms with Crippen LogP contribution in [0.2, 0.25) is 0 Å². The van der Waals surface area contributed by atoms with Crippen molar-refractivity contribution in [3.05, 3.63) is 22.4 Å². The topological polar surface area (TPSA) is 63.2 Å². The molecule has 0 fully saturated rings. The minimum absolute atomic E-state index is 0.283. The summed E-state index contributed by atoms with van der Waals surface area (Å²) in [6.07, 6.45) is 0.957. The average molecular weight is 307 g/mol. The van der Waals surface area contributed by atoms with Gasteiger partial charge < -0.3 is 15.0 Å². The zero-order valence-corrected chi connectivity index (χ0v) is 13.6. The molecule has 6 nitrogen and oxygen atoms in total. The molecule has 0 aliphatic carbocycles. The van der Waals surface area contributed by atoms with Crippen molar-refractivity contribution in [2.24, 2.45) is 0 Å². The van der Waals surface area contributed by atoms with E-state index in [1.165, 1.54) is 4.88 Å². The maximum Gasteiger partial charge on any atom is 0.323 e. The standard InChI is InChI=1S/C14H21N5OS/c1-5-20-14-17-12(15-3)16-13(18-14)19(4)10(2)9-11-7-6-8-21-11/h6-8,10H,5,9H2,1-4H3,(H,15,16,17,18). The van der Waals surface area contributed by atoms with Crippen molar-refractivity contribution in [3.8, 4) is 6.01 Å². The maximum atomic E-state index is 5.40. The summed E-state index contributed by atoms with van der Waals surface area (Å²) in [6.45, 7) is 4.59. The highest BCUT2D eigenvalue weighted by Crippen LogP contribution is 2.19. The van der Waals surface area contributed by atoms with Crippen LogP contribution in [-0.2, 0) is 6.42 Å². The summed E-state index contributed by atoms with van der Waals surface area (Å²) in [5.74, 6) is 1.13. The second-order valence-electron chi connectivity index (χ2n) is 4.67. The number of ether oxygens (including phenoxy) is 1. The third-order valence-corrected chi connectivity index (χ3v) is 4.05. The molecule has 0 aromatic carbocycles. The number of nitrogens with one attached hydrogen (secondary N) is 1. The van der Waals surface area contributed by atoms with E-state index < -0.39 is 0 Å². The highest BCUT2D eigenvalue weighted by atomic mass is 32.1. The molecule has 2 heterocycles. The Morgan fingerprint density at radius 3 is 2.81 bits per heavy atom. The van der Waals surface area contributed by atoms with Gasteiger partial charge in [0, 0.05) is 31.4 Å². The van der Waals surface area contributed by atoms with Crippen LogP contribution in [0.25, 0.3) is 0 Å². The molecule has 1 atom stereocenters. The molecule has 2 rings (SSSR count). The van der Waals surface area contributed by atoms with Gasteiger partial charge in [0.05, 0.1) is 6.61 Å². The van der Waals surface area contributed by atoms with Crippen LogP contribution in [0.1, 0.15) is 18.7 Å². The number of hydrogen-bond acceptors (Lipinski definition) is 7. The van der Waals surface area contributed by atoms with E-state index in [1.54, 1.807) is 18.4 Å². The van der Waals surface area contributed by atoms with E-state index >= 15 is 0 Å². The van der Waals surface area contributed by atoms with E-state index in [0.29, 0.717) is 24.5 Å². The Bertz CT molecular complexity index is 560. The van der Waals surface area contributed by atoms with Crippen molar-refractivity contribution < 1.29 is 4.74 Å². The highest BCUT2D eigenvalue weighted by molar-refractivity contribution is 7.09. The predicted molar refractivity (Wildman–Crippen MR) is 86.4 cm³/mol. The molecule has 2 aromatic rings. The minimum atomic E-state index is 0.283. The van der Waals surface area contributed by atoms with Crippen LogP contribution in [0.5, 0.6) is 6.01 Å². The minimum Gasteiger partial charge on any atom is -0.464 e. The fourth-order valence-electron chi connectivity index (χ4n) is 1.86. The van der Waals surface area contributed by atoms with Crippen molar-refractivity contribution in [1.82, 2.24) is 15.0 Å². The van der Waals surface area contributed by atoms with Crippen LogP contribution >= 0.6 is 11.3 Å². The Hall–Kier alpha value is -1.89. The zero-order valence-electron chi connectivity index (χ0n) is 12.8. The average Bonchev–Trinajstić information content (AvgIpc) is 2.99. The van der Waals surface area contributed by atoms with E-state index in [9.17, 15) is 0 Å². The van der Waals surface area contributed by atoms with Gasteiger partial charge >= 0.3 is 6.01 Å². The lowest BCUT2D eigenvalue weighted by atomic mass is 10.2. The Kier molecular flexibility index (Phi) is 5.32. The first-order valence-electron chi connectivity index (χ1n) is 6.95. The lowest BCUT2D eigenvalue weighted by Gasteiger charge is -2.24. The Balaban J connectivity index is 2.16. The van der Waals surface area contributed by atoms with Crippen LogP contribution in [0, 0.1) is 0 Å². The molecule has 0 spiro atoms. The molecule has 0 radical (unpaired) electrons. The molecule has 1 unspecified atom stereocenters. The molecule has 1 N–H and O–H groups in total. The Morgan fingerprint density at radius 1 is 1.38 bits per heavy atom. The summed E-state index contributed by atoms with van der Waals surface area (Å²) in [5.41, 5.74) is 0. The van der Waals surface area contributed by atoms with Crippen molar-refractivity contribution in [3.63, 3.8) is 0 Å². The molecule has 2 aromatic heterocycles. The fourth-order valence-corrected chi connectivity index (χ4v) is 2.69. The van der Waals surface area contributed by atoms with Gasteiger partial charge in [0.15, 0.2) is 0 Å². The third-order valence-electron chi connectivity index (χ3n) is 3.15. The lowest BCUT2D eigenvalue weighted by molar-refractivity contribution is 0.312.